The molecule has 0 bridgehead atoms. The van der Waals surface area contributed by atoms with Gasteiger partial charge in [0.05, 0.1) is 11.8 Å². The molecule has 30 heavy (non-hydrogen) atoms. The van der Waals surface area contributed by atoms with Gasteiger partial charge >= 0.3 is 6.09 Å². The lowest BCUT2D eigenvalue weighted by Crippen LogP contribution is -2.35. The average molecular weight is 428 g/mol. The summed E-state index contributed by atoms with van der Waals surface area (Å²) in [6.07, 6.45) is 5.75. The van der Waals surface area contributed by atoms with Crippen LogP contribution >= 0.6 is 11.3 Å². The molecule has 1 atom stereocenters. The highest BCUT2D eigenvalue weighted by atomic mass is 32.1. The van der Waals surface area contributed by atoms with E-state index in [0.29, 0.717) is 48.0 Å². The van der Waals surface area contributed by atoms with Gasteiger partial charge in [0.1, 0.15) is 22.9 Å². The van der Waals surface area contributed by atoms with Crippen LogP contribution in [0.25, 0.3) is 6.08 Å². The molecule has 0 spiro atoms. The summed E-state index contributed by atoms with van der Waals surface area (Å²) in [6, 6.07) is 5.69. The Kier molecular flexibility index (Phi) is 6.95. The minimum Gasteiger partial charge on any atom is -0.465 e. The summed E-state index contributed by atoms with van der Waals surface area (Å²) in [5.41, 5.74) is 1.44. The van der Waals surface area contributed by atoms with Crippen LogP contribution in [-0.2, 0) is 22.4 Å². The number of carbonyl (C=O) groups excluding carboxylic acids is 2. The lowest BCUT2D eigenvalue weighted by molar-refractivity contribution is -0.111. The van der Waals surface area contributed by atoms with Crippen molar-refractivity contribution in [3.8, 4) is 6.07 Å². The maximum absolute atomic E-state index is 12.3. The first-order chi connectivity index (χ1) is 14.4. The summed E-state index contributed by atoms with van der Waals surface area (Å²) in [5.74, 6) is 0.604. The molecule has 0 fully saturated rings. The molecular formula is C22H25N3O4S. The number of nitrogens with one attached hydrogen (secondary N) is 1. The van der Waals surface area contributed by atoms with E-state index < -0.39 is 0 Å². The molecule has 1 N–H and O–H groups in total. The lowest BCUT2D eigenvalue weighted by Gasteiger charge is -2.26. The largest absolute Gasteiger partial charge is 0.465 e. The Labute approximate surface area is 179 Å². The number of hydrogen-bond acceptors (Lipinski definition) is 6. The fourth-order valence-corrected chi connectivity index (χ4v) is 4.68. The van der Waals surface area contributed by atoms with Crippen LogP contribution < -0.4 is 5.32 Å². The van der Waals surface area contributed by atoms with Crippen LogP contribution in [0, 0.1) is 17.2 Å². The second kappa shape index (κ2) is 9.63. The summed E-state index contributed by atoms with van der Waals surface area (Å²) < 4.78 is 10.8. The molecule has 2 amide bonds. The van der Waals surface area contributed by atoms with E-state index in [0.717, 1.165) is 10.4 Å². The molecule has 3 rings (SSSR count). The number of amides is 2. The third-order valence-electron chi connectivity index (χ3n) is 4.73. The Morgan fingerprint density at radius 3 is 2.97 bits per heavy atom. The van der Waals surface area contributed by atoms with E-state index in [1.165, 1.54) is 23.7 Å². The molecule has 0 radical (unpaired) electrons. The van der Waals surface area contributed by atoms with E-state index in [4.69, 9.17) is 9.15 Å². The van der Waals surface area contributed by atoms with Crippen molar-refractivity contribution < 1.29 is 18.7 Å². The predicted molar refractivity (Wildman–Crippen MR) is 115 cm³/mol. The maximum Gasteiger partial charge on any atom is 0.409 e. The smallest absolute Gasteiger partial charge is 0.409 e. The van der Waals surface area contributed by atoms with E-state index >= 15 is 0 Å². The monoisotopic (exact) mass is 427 g/mol. The van der Waals surface area contributed by atoms with Gasteiger partial charge in [0.25, 0.3) is 0 Å². The van der Waals surface area contributed by atoms with E-state index in [2.05, 4.69) is 11.4 Å². The van der Waals surface area contributed by atoms with Crippen molar-refractivity contribution in [2.75, 3.05) is 18.9 Å². The summed E-state index contributed by atoms with van der Waals surface area (Å²) in [6.45, 7) is 4.73. The molecule has 1 aliphatic rings. The highest BCUT2D eigenvalue weighted by Crippen LogP contribution is 2.38. The van der Waals surface area contributed by atoms with Gasteiger partial charge in [0.2, 0.25) is 5.91 Å². The Bertz CT molecular complexity index is 969. The fourth-order valence-electron chi connectivity index (χ4n) is 3.41. The highest BCUT2D eigenvalue weighted by Gasteiger charge is 2.29. The first-order valence-corrected chi connectivity index (χ1v) is 10.7. The Balaban J connectivity index is 1.66. The predicted octanol–water partition coefficient (Wildman–Crippen LogP) is 4.45. The van der Waals surface area contributed by atoms with Gasteiger partial charge in [-0.3, -0.25) is 4.79 Å². The molecule has 158 valence electrons. The lowest BCUT2D eigenvalue weighted by atomic mass is 9.94. The molecular weight excluding hydrogens is 402 g/mol. The zero-order chi connectivity index (χ0) is 21.7. The molecule has 0 aromatic carbocycles. The van der Waals surface area contributed by atoms with Crippen molar-refractivity contribution in [1.29, 1.82) is 5.26 Å². The van der Waals surface area contributed by atoms with Crippen molar-refractivity contribution >= 4 is 34.4 Å². The second-order valence-corrected chi connectivity index (χ2v) is 8.79. The van der Waals surface area contributed by atoms with Crippen LogP contribution in [-0.4, -0.2) is 36.6 Å². The second-order valence-electron chi connectivity index (χ2n) is 7.68. The third-order valence-corrected chi connectivity index (χ3v) is 5.90. The minimum atomic E-state index is -0.334. The number of carbonyl (C=O) groups is 2. The molecule has 0 saturated heterocycles. The summed E-state index contributed by atoms with van der Waals surface area (Å²) in [5, 5.41) is 12.9. The zero-order valence-corrected chi connectivity index (χ0v) is 18.1. The van der Waals surface area contributed by atoms with Gasteiger partial charge in [-0.15, -0.1) is 11.3 Å². The van der Waals surface area contributed by atoms with Crippen LogP contribution in [0.3, 0.4) is 0 Å². The minimum absolute atomic E-state index is 0.229. The number of anilines is 1. The van der Waals surface area contributed by atoms with E-state index in [1.54, 1.807) is 30.2 Å². The van der Waals surface area contributed by atoms with Gasteiger partial charge in [-0.2, -0.15) is 5.26 Å². The van der Waals surface area contributed by atoms with Gasteiger partial charge in [-0.25, -0.2) is 4.79 Å². The third kappa shape index (κ3) is 5.30. The number of thiophene rings is 1. The van der Waals surface area contributed by atoms with E-state index in [9.17, 15) is 14.9 Å². The Morgan fingerprint density at radius 1 is 1.50 bits per heavy atom. The summed E-state index contributed by atoms with van der Waals surface area (Å²) in [7, 11) is 1.74. The standard InChI is InChI=1S/C22H25N3O4S/c1-14(2)13-25(3)22(27)29-16-6-8-17-18(12-23)21(30-19(17)11-16)24-20(26)9-7-15-5-4-10-28-15/h4-5,7,9-10,14,16H,6,8,11,13H2,1-3H3,(H,24,26)/b9-7+. The molecule has 8 heteroatoms. The number of ether oxygens (including phenoxy) is 1. The van der Waals surface area contributed by atoms with Crippen LogP contribution in [0.2, 0.25) is 0 Å². The van der Waals surface area contributed by atoms with Crippen LogP contribution in [0.1, 0.15) is 42.0 Å². The van der Waals surface area contributed by atoms with Crippen molar-refractivity contribution in [2.45, 2.75) is 39.2 Å². The van der Waals surface area contributed by atoms with Crippen LogP contribution in [0.4, 0.5) is 9.80 Å². The Hall–Kier alpha value is -3.05. The zero-order valence-electron chi connectivity index (χ0n) is 17.3. The first-order valence-electron chi connectivity index (χ1n) is 9.86. The van der Waals surface area contributed by atoms with Gasteiger partial charge in [0, 0.05) is 31.0 Å². The highest BCUT2D eigenvalue weighted by molar-refractivity contribution is 7.16. The SMILES string of the molecule is CC(C)CN(C)C(=O)OC1CCc2c(sc(NC(=O)/C=C/c3ccco3)c2C#N)C1. The Morgan fingerprint density at radius 2 is 2.30 bits per heavy atom. The van der Waals surface area contributed by atoms with Crippen molar-refractivity contribution in [2.24, 2.45) is 5.92 Å². The number of nitrogens with zero attached hydrogens (tertiary/aromatic N) is 2. The molecule has 0 saturated carbocycles. The number of fused-ring (bicyclic) bond motifs is 1. The quantitative estimate of drug-likeness (QED) is 0.687. The number of hydrogen-bond donors (Lipinski definition) is 1. The average Bonchev–Trinajstić information content (AvgIpc) is 3.32. The molecule has 7 nitrogen and oxygen atoms in total. The molecule has 2 heterocycles. The molecule has 0 aliphatic heterocycles. The van der Waals surface area contributed by atoms with Gasteiger partial charge < -0.3 is 19.4 Å². The first kappa shape index (κ1) is 21.7. The van der Waals surface area contributed by atoms with E-state index in [-0.39, 0.29) is 18.1 Å². The molecule has 2 aromatic rings. The van der Waals surface area contributed by atoms with E-state index in [1.807, 2.05) is 13.8 Å². The van der Waals surface area contributed by atoms with Crippen molar-refractivity contribution in [1.82, 2.24) is 4.90 Å². The van der Waals surface area contributed by atoms with Crippen LogP contribution in [0.15, 0.2) is 28.9 Å². The van der Waals surface area contributed by atoms with Gasteiger partial charge in [0.15, 0.2) is 0 Å². The number of furan rings is 1. The molecule has 1 aliphatic carbocycles. The van der Waals surface area contributed by atoms with Gasteiger partial charge in [-0.1, -0.05) is 13.8 Å². The van der Waals surface area contributed by atoms with Crippen molar-refractivity contribution in [3.63, 3.8) is 0 Å². The molecule has 2 aromatic heterocycles. The normalized spacial score (nSPS) is 15.6. The number of nitriles is 1. The topological polar surface area (TPSA) is 95.6 Å². The van der Waals surface area contributed by atoms with Crippen LogP contribution in [0.5, 0.6) is 0 Å². The van der Waals surface area contributed by atoms with Gasteiger partial charge in [-0.05, 0) is 42.5 Å². The number of rotatable bonds is 6. The molecule has 1 unspecified atom stereocenters. The maximum atomic E-state index is 12.3. The summed E-state index contributed by atoms with van der Waals surface area (Å²) >= 11 is 1.37. The summed E-state index contributed by atoms with van der Waals surface area (Å²) in [4.78, 5) is 27.1. The fraction of sp³-hybridized carbons (Fsp3) is 0.409. The van der Waals surface area contributed by atoms with Crippen molar-refractivity contribution in [3.05, 3.63) is 46.2 Å².